The number of rotatable bonds is 4. The van der Waals surface area contributed by atoms with Gasteiger partial charge in [0.25, 0.3) is 0 Å². The predicted octanol–water partition coefficient (Wildman–Crippen LogP) is 3.61. The number of hydrogen-bond donors (Lipinski definition) is 1. The Bertz CT molecular complexity index is 1240. The first kappa shape index (κ1) is 20.4. The fraction of sp³-hybridized carbons (Fsp3) is 0.208. The van der Waals surface area contributed by atoms with Crippen LogP contribution in [0.5, 0.6) is 0 Å². The van der Waals surface area contributed by atoms with Crippen LogP contribution in [0.15, 0.2) is 53.9 Å². The molecule has 1 amide bonds. The van der Waals surface area contributed by atoms with E-state index in [0.29, 0.717) is 28.2 Å². The molecule has 2 heterocycles. The van der Waals surface area contributed by atoms with Crippen molar-refractivity contribution < 1.29 is 14.4 Å². The van der Waals surface area contributed by atoms with Crippen molar-refractivity contribution in [2.45, 2.75) is 33.3 Å². The lowest BCUT2D eigenvalue weighted by Gasteiger charge is -2.12. The second-order valence-electron chi connectivity index (χ2n) is 8.08. The fourth-order valence-electron chi connectivity index (χ4n) is 3.42. The summed E-state index contributed by atoms with van der Waals surface area (Å²) in [4.78, 5) is 38.5. The Labute approximate surface area is 180 Å². The normalized spacial score (nSPS) is 14.8. The molecular weight excluding hydrogens is 392 g/mol. The molecule has 0 saturated heterocycles. The van der Waals surface area contributed by atoms with Crippen LogP contribution in [0.4, 0.5) is 0 Å². The van der Waals surface area contributed by atoms with E-state index in [1.54, 1.807) is 32.3 Å². The molecule has 7 heteroatoms. The van der Waals surface area contributed by atoms with Crippen LogP contribution in [0.3, 0.4) is 0 Å². The maximum Gasteiger partial charge on any atom is 0.248 e. The molecule has 0 radical (unpaired) electrons. The number of amides is 1. The molecular formula is C24H22N4O3. The van der Waals surface area contributed by atoms with Gasteiger partial charge in [0, 0.05) is 22.3 Å². The van der Waals surface area contributed by atoms with Crippen LogP contribution >= 0.6 is 0 Å². The van der Waals surface area contributed by atoms with E-state index in [-0.39, 0.29) is 5.78 Å². The molecule has 4 rings (SSSR count). The molecule has 0 aliphatic carbocycles. The lowest BCUT2D eigenvalue weighted by atomic mass is 9.93. The summed E-state index contributed by atoms with van der Waals surface area (Å²) >= 11 is 0. The summed E-state index contributed by atoms with van der Waals surface area (Å²) in [6.45, 7) is 7.19. The summed E-state index contributed by atoms with van der Waals surface area (Å²) < 4.78 is 0. The maximum absolute atomic E-state index is 12.5. The number of aryl methyl sites for hydroxylation is 2. The molecule has 0 unspecified atom stereocenters. The number of nitrogens with zero attached hydrogens (tertiary/aromatic N) is 3. The lowest BCUT2D eigenvalue weighted by molar-refractivity contribution is -0.128. The highest BCUT2D eigenvalue weighted by Crippen LogP contribution is 2.28. The summed E-state index contributed by atoms with van der Waals surface area (Å²) in [5, 5.41) is 3.98. The van der Waals surface area contributed by atoms with Crippen molar-refractivity contribution in [2.24, 2.45) is 10.9 Å². The smallest absolute Gasteiger partial charge is 0.248 e. The number of nitrogens with two attached hydrogens (primary N) is 1. The minimum Gasteiger partial charge on any atom is -0.381 e. The van der Waals surface area contributed by atoms with Gasteiger partial charge in [0.1, 0.15) is 0 Å². The van der Waals surface area contributed by atoms with Crippen molar-refractivity contribution >= 4 is 17.4 Å². The summed E-state index contributed by atoms with van der Waals surface area (Å²) in [6, 6.07) is 11.1. The standard InChI is InChI=1S/C24H22N4O3/c1-13-6-8-16(21-22(29)24(3,4)31-28-21)10-17(13)20-12-26-19(11-27-20)15-7-5-14(2)18(9-15)23(25)30/h5-12H,1-4H3,(H2,25,30). The average Bonchev–Trinajstić information content (AvgIpc) is 3.01. The van der Waals surface area contributed by atoms with Crippen molar-refractivity contribution in [3.63, 3.8) is 0 Å². The molecule has 1 aromatic heterocycles. The van der Waals surface area contributed by atoms with Gasteiger partial charge in [-0.05, 0) is 51.0 Å². The van der Waals surface area contributed by atoms with Crippen molar-refractivity contribution in [3.05, 3.63) is 71.0 Å². The molecule has 0 bridgehead atoms. The molecule has 7 nitrogen and oxygen atoms in total. The summed E-state index contributed by atoms with van der Waals surface area (Å²) in [7, 11) is 0. The van der Waals surface area contributed by atoms with Crippen LogP contribution in [0.2, 0.25) is 0 Å². The monoisotopic (exact) mass is 414 g/mol. The number of primary amides is 1. The van der Waals surface area contributed by atoms with Gasteiger partial charge in [-0.2, -0.15) is 0 Å². The SMILES string of the molecule is Cc1ccc(-c2cnc(-c3cc(C4=NOC(C)(C)C4=O)ccc3C)cn2)cc1C(N)=O. The molecule has 0 atom stereocenters. The Hall–Kier alpha value is -3.87. The predicted molar refractivity (Wildman–Crippen MR) is 118 cm³/mol. The van der Waals surface area contributed by atoms with E-state index < -0.39 is 11.5 Å². The topological polar surface area (TPSA) is 108 Å². The second kappa shape index (κ2) is 7.43. The van der Waals surface area contributed by atoms with E-state index in [4.69, 9.17) is 10.6 Å². The Morgan fingerprint density at radius 3 is 2.19 bits per heavy atom. The summed E-state index contributed by atoms with van der Waals surface area (Å²) in [5.74, 6) is -0.638. The molecule has 156 valence electrons. The first-order valence-electron chi connectivity index (χ1n) is 9.82. The number of hydrogen-bond acceptors (Lipinski definition) is 6. The van der Waals surface area contributed by atoms with Gasteiger partial charge in [-0.1, -0.05) is 29.4 Å². The highest BCUT2D eigenvalue weighted by Gasteiger charge is 2.40. The second-order valence-corrected chi connectivity index (χ2v) is 8.08. The van der Waals surface area contributed by atoms with E-state index in [1.807, 2.05) is 44.2 Å². The number of carbonyl (C=O) groups is 2. The quantitative estimate of drug-likeness (QED) is 0.702. The van der Waals surface area contributed by atoms with Gasteiger partial charge >= 0.3 is 0 Å². The zero-order chi connectivity index (χ0) is 22.3. The molecule has 0 fully saturated rings. The van der Waals surface area contributed by atoms with Crippen LogP contribution in [0.25, 0.3) is 22.5 Å². The lowest BCUT2D eigenvalue weighted by Crippen LogP contribution is -2.33. The molecule has 31 heavy (non-hydrogen) atoms. The van der Waals surface area contributed by atoms with E-state index in [0.717, 1.165) is 22.3 Å². The van der Waals surface area contributed by atoms with Crippen LogP contribution in [0, 0.1) is 13.8 Å². The number of carbonyl (C=O) groups excluding carboxylic acids is 2. The molecule has 0 spiro atoms. The van der Waals surface area contributed by atoms with Gasteiger partial charge in [-0.15, -0.1) is 0 Å². The van der Waals surface area contributed by atoms with Crippen LogP contribution in [0.1, 0.15) is 40.9 Å². The third kappa shape index (κ3) is 3.70. The van der Waals surface area contributed by atoms with Gasteiger partial charge in [0.2, 0.25) is 11.7 Å². The van der Waals surface area contributed by atoms with E-state index in [9.17, 15) is 9.59 Å². The fourth-order valence-corrected chi connectivity index (χ4v) is 3.42. The number of benzene rings is 2. The van der Waals surface area contributed by atoms with Gasteiger partial charge in [0.05, 0.1) is 23.8 Å². The summed E-state index contributed by atoms with van der Waals surface area (Å²) in [5.41, 5.74) is 10.6. The van der Waals surface area contributed by atoms with Crippen molar-refractivity contribution in [2.75, 3.05) is 0 Å². The zero-order valence-corrected chi connectivity index (χ0v) is 17.8. The average molecular weight is 414 g/mol. The van der Waals surface area contributed by atoms with Crippen molar-refractivity contribution in [1.82, 2.24) is 9.97 Å². The minimum atomic E-state index is -0.959. The Balaban J connectivity index is 1.68. The minimum absolute atomic E-state index is 0.159. The number of aromatic nitrogens is 2. The van der Waals surface area contributed by atoms with Gasteiger partial charge < -0.3 is 10.6 Å². The summed E-state index contributed by atoms with van der Waals surface area (Å²) in [6.07, 6.45) is 3.32. The number of ketones is 1. The largest absolute Gasteiger partial charge is 0.381 e. The van der Waals surface area contributed by atoms with E-state index in [1.165, 1.54) is 0 Å². The van der Waals surface area contributed by atoms with Crippen LogP contribution in [-0.2, 0) is 9.63 Å². The molecule has 1 aliphatic rings. The molecule has 0 saturated carbocycles. The maximum atomic E-state index is 12.5. The van der Waals surface area contributed by atoms with E-state index >= 15 is 0 Å². The Kier molecular flexibility index (Phi) is 4.89. The van der Waals surface area contributed by atoms with Crippen LogP contribution < -0.4 is 5.73 Å². The van der Waals surface area contributed by atoms with E-state index in [2.05, 4.69) is 15.1 Å². The van der Waals surface area contributed by atoms with Gasteiger partial charge in [-0.3, -0.25) is 19.6 Å². The third-order valence-electron chi connectivity index (χ3n) is 5.36. The molecule has 2 N–H and O–H groups in total. The van der Waals surface area contributed by atoms with Gasteiger partial charge in [-0.25, -0.2) is 0 Å². The Morgan fingerprint density at radius 2 is 1.58 bits per heavy atom. The first-order chi connectivity index (χ1) is 14.7. The number of Topliss-reactive ketones (excluding diaryl/α,β-unsaturated/α-hetero) is 1. The van der Waals surface area contributed by atoms with Gasteiger partial charge in [0.15, 0.2) is 11.3 Å². The highest BCUT2D eigenvalue weighted by molar-refractivity contribution is 6.49. The van der Waals surface area contributed by atoms with Crippen LogP contribution in [-0.4, -0.2) is 33.0 Å². The highest BCUT2D eigenvalue weighted by atomic mass is 16.7. The van der Waals surface area contributed by atoms with Crippen molar-refractivity contribution in [1.29, 1.82) is 0 Å². The number of oxime groups is 1. The Morgan fingerprint density at radius 1 is 0.935 bits per heavy atom. The molecule has 3 aromatic rings. The molecule has 1 aliphatic heterocycles. The first-order valence-corrected chi connectivity index (χ1v) is 9.82. The van der Waals surface area contributed by atoms with Crippen molar-refractivity contribution in [3.8, 4) is 22.5 Å². The third-order valence-corrected chi connectivity index (χ3v) is 5.36. The zero-order valence-electron chi connectivity index (χ0n) is 17.8. The molecule has 2 aromatic carbocycles.